The average molecular weight is 241 g/mol. The highest BCUT2D eigenvalue weighted by Gasteiger charge is 2.27. The lowest BCUT2D eigenvalue weighted by atomic mass is 10.1. The van der Waals surface area contributed by atoms with Gasteiger partial charge >= 0.3 is 0 Å². The highest BCUT2D eigenvalue weighted by molar-refractivity contribution is 5.78. The minimum atomic E-state index is 0.197. The van der Waals surface area contributed by atoms with E-state index in [9.17, 15) is 4.79 Å². The number of carbonyl (C=O) groups excluding carboxylic acids is 1. The van der Waals surface area contributed by atoms with Crippen molar-refractivity contribution in [3.63, 3.8) is 0 Å². The standard InChI is InChI=1S/C12H23N3O2/c13-11-2-4-14(5-3-11)8-12(17)15-6-1-10(7-15)9-16/h10-11,16H,1-9,13H2. The number of likely N-dealkylation sites (tertiary alicyclic amines) is 2. The number of nitrogens with two attached hydrogens (primary N) is 1. The van der Waals surface area contributed by atoms with Gasteiger partial charge in [-0.15, -0.1) is 0 Å². The van der Waals surface area contributed by atoms with Crippen molar-refractivity contribution >= 4 is 5.91 Å². The largest absolute Gasteiger partial charge is 0.396 e. The summed E-state index contributed by atoms with van der Waals surface area (Å²) >= 11 is 0. The average Bonchev–Trinajstić information content (AvgIpc) is 2.81. The highest BCUT2D eigenvalue weighted by Crippen LogP contribution is 2.16. The van der Waals surface area contributed by atoms with Crippen molar-refractivity contribution in [3.05, 3.63) is 0 Å². The first kappa shape index (κ1) is 12.8. The van der Waals surface area contributed by atoms with Crippen LogP contribution in [0.3, 0.4) is 0 Å². The summed E-state index contributed by atoms with van der Waals surface area (Å²) in [7, 11) is 0. The zero-order valence-corrected chi connectivity index (χ0v) is 10.3. The summed E-state index contributed by atoms with van der Waals surface area (Å²) in [5.74, 6) is 0.491. The molecule has 98 valence electrons. The summed E-state index contributed by atoms with van der Waals surface area (Å²) in [6.07, 6.45) is 2.92. The molecular formula is C12H23N3O2. The normalized spacial score (nSPS) is 27.6. The number of hydrogen-bond acceptors (Lipinski definition) is 4. The summed E-state index contributed by atoms with van der Waals surface area (Å²) in [4.78, 5) is 16.1. The minimum absolute atomic E-state index is 0.197. The molecule has 17 heavy (non-hydrogen) atoms. The fourth-order valence-electron chi connectivity index (χ4n) is 2.61. The number of amides is 1. The lowest BCUT2D eigenvalue weighted by molar-refractivity contribution is -0.131. The number of aliphatic hydroxyl groups excluding tert-OH is 1. The Labute approximate surface area is 103 Å². The van der Waals surface area contributed by atoms with Crippen LogP contribution in [0.1, 0.15) is 19.3 Å². The van der Waals surface area contributed by atoms with Crippen LogP contribution in [0.4, 0.5) is 0 Å². The van der Waals surface area contributed by atoms with Crippen molar-refractivity contribution in [3.8, 4) is 0 Å². The monoisotopic (exact) mass is 241 g/mol. The molecule has 2 rings (SSSR count). The molecule has 2 heterocycles. The van der Waals surface area contributed by atoms with E-state index in [1.165, 1.54) is 0 Å². The summed E-state index contributed by atoms with van der Waals surface area (Å²) in [5, 5.41) is 9.05. The SMILES string of the molecule is NC1CCN(CC(=O)N2CCC(CO)C2)CC1. The summed E-state index contributed by atoms with van der Waals surface area (Å²) in [6, 6.07) is 0.312. The maximum absolute atomic E-state index is 12.0. The Morgan fingerprint density at radius 1 is 1.24 bits per heavy atom. The van der Waals surface area contributed by atoms with Crippen molar-refractivity contribution in [2.24, 2.45) is 11.7 Å². The molecule has 5 heteroatoms. The van der Waals surface area contributed by atoms with Crippen LogP contribution in [0.2, 0.25) is 0 Å². The summed E-state index contributed by atoms with van der Waals surface area (Å²) in [5.41, 5.74) is 5.84. The third-order valence-corrected chi connectivity index (χ3v) is 3.89. The maximum Gasteiger partial charge on any atom is 0.236 e. The van der Waals surface area contributed by atoms with Gasteiger partial charge in [-0.2, -0.15) is 0 Å². The van der Waals surface area contributed by atoms with E-state index in [0.29, 0.717) is 12.6 Å². The fourth-order valence-corrected chi connectivity index (χ4v) is 2.61. The van der Waals surface area contributed by atoms with Crippen LogP contribution < -0.4 is 5.73 Å². The maximum atomic E-state index is 12.0. The van der Waals surface area contributed by atoms with E-state index in [-0.39, 0.29) is 18.4 Å². The van der Waals surface area contributed by atoms with Gasteiger partial charge < -0.3 is 15.7 Å². The minimum Gasteiger partial charge on any atom is -0.396 e. The van der Waals surface area contributed by atoms with E-state index in [2.05, 4.69) is 4.90 Å². The van der Waals surface area contributed by atoms with E-state index in [1.54, 1.807) is 0 Å². The zero-order chi connectivity index (χ0) is 12.3. The van der Waals surface area contributed by atoms with E-state index < -0.39 is 0 Å². The molecule has 1 atom stereocenters. The van der Waals surface area contributed by atoms with Gasteiger partial charge in [-0.05, 0) is 19.3 Å². The molecule has 1 amide bonds. The Morgan fingerprint density at radius 3 is 2.53 bits per heavy atom. The zero-order valence-electron chi connectivity index (χ0n) is 10.3. The molecule has 2 aliphatic heterocycles. The molecule has 1 unspecified atom stereocenters. The van der Waals surface area contributed by atoms with Gasteiger partial charge in [0.1, 0.15) is 0 Å². The first-order valence-electron chi connectivity index (χ1n) is 6.55. The Bertz CT molecular complexity index is 264. The highest BCUT2D eigenvalue weighted by atomic mass is 16.3. The van der Waals surface area contributed by atoms with Crippen molar-refractivity contribution in [2.75, 3.05) is 39.3 Å². The Hall–Kier alpha value is -0.650. The van der Waals surface area contributed by atoms with Crippen molar-refractivity contribution in [2.45, 2.75) is 25.3 Å². The second kappa shape index (κ2) is 5.80. The second-order valence-electron chi connectivity index (χ2n) is 5.29. The predicted molar refractivity (Wildman–Crippen MR) is 65.4 cm³/mol. The van der Waals surface area contributed by atoms with Gasteiger partial charge in [-0.3, -0.25) is 9.69 Å². The molecule has 0 aromatic carbocycles. The van der Waals surface area contributed by atoms with Crippen LogP contribution in [0.25, 0.3) is 0 Å². The van der Waals surface area contributed by atoms with E-state index in [1.807, 2.05) is 4.90 Å². The van der Waals surface area contributed by atoms with Crippen molar-refractivity contribution in [1.29, 1.82) is 0 Å². The molecular weight excluding hydrogens is 218 g/mol. The lowest BCUT2D eigenvalue weighted by Gasteiger charge is -2.30. The number of carbonyl (C=O) groups is 1. The van der Waals surface area contributed by atoms with Crippen LogP contribution in [0, 0.1) is 5.92 Å². The first-order valence-corrected chi connectivity index (χ1v) is 6.55. The predicted octanol–water partition coefficient (Wildman–Crippen LogP) is -0.750. The summed E-state index contributed by atoms with van der Waals surface area (Å²) in [6.45, 7) is 4.11. The molecule has 0 aromatic heterocycles. The number of piperidine rings is 1. The number of hydrogen-bond donors (Lipinski definition) is 2. The molecule has 0 radical (unpaired) electrons. The van der Waals surface area contributed by atoms with Crippen molar-refractivity contribution < 1.29 is 9.90 Å². The second-order valence-corrected chi connectivity index (χ2v) is 5.29. The smallest absolute Gasteiger partial charge is 0.236 e. The van der Waals surface area contributed by atoms with E-state index in [0.717, 1.165) is 45.4 Å². The van der Waals surface area contributed by atoms with Crippen LogP contribution in [-0.2, 0) is 4.79 Å². The molecule has 0 saturated carbocycles. The van der Waals surface area contributed by atoms with Crippen LogP contribution in [0.5, 0.6) is 0 Å². The Balaban J connectivity index is 1.74. The van der Waals surface area contributed by atoms with Crippen LogP contribution in [-0.4, -0.2) is 66.2 Å². The molecule has 0 bridgehead atoms. The molecule has 2 aliphatic rings. The number of nitrogens with zero attached hydrogens (tertiary/aromatic N) is 2. The fraction of sp³-hybridized carbons (Fsp3) is 0.917. The number of rotatable bonds is 3. The topological polar surface area (TPSA) is 69.8 Å². The number of aliphatic hydroxyl groups is 1. The first-order chi connectivity index (χ1) is 8.19. The van der Waals surface area contributed by atoms with Crippen molar-refractivity contribution in [1.82, 2.24) is 9.80 Å². The van der Waals surface area contributed by atoms with E-state index >= 15 is 0 Å². The molecule has 0 spiro atoms. The molecule has 5 nitrogen and oxygen atoms in total. The Kier molecular flexibility index (Phi) is 4.36. The van der Waals surface area contributed by atoms with E-state index in [4.69, 9.17) is 10.8 Å². The van der Waals surface area contributed by atoms with Gasteiger partial charge in [-0.1, -0.05) is 0 Å². The summed E-state index contributed by atoms with van der Waals surface area (Å²) < 4.78 is 0. The molecule has 3 N–H and O–H groups in total. The van der Waals surface area contributed by atoms with Crippen LogP contribution >= 0.6 is 0 Å². The quantitative estimate of drug-likeness (QED) is 0.682. The van der Waals surface area contributed by atoms with Gasteiger partial charge in [0.05, 0.1) is 6.54 Å². The lowest BCUT2D eigenvalue weighted by Crippen LogP contribution is -2.45. The molecule has 0 aliphatic carbocycles. The third kappa shape index (κ3) is 3.40. The van der Waals surface area contributed by atoms with Gasteiger partial charge in [0, 0.05) is 44.7 Å². The van der Waals surface area contributed by atoms with Gasteiger partial charge in [0.15, 0.2) is 0 Å². The molecule has 2 fully saturated rings. The van der Waals surface area contributed by atoms with Crippen LogP contribution in [0.15, 0.2) is 0 Å². The third-order valence-electron chi connectivity index (χ3n) is 3.89. The van der Waals surface area contributed by atoms with Gasteiger partial charge in [0.2, 0.25) is 5.91 Å². The molecule has 0 aromatic rings. The van der Waals surface area contributed by atoms with Gasteiger partial charge in [-0.25, -0.2) is 0 Å². The molecule has 2 saturated heterocycles. The Morgan fingerprint density at radius 2 is 1.94 bits per heavy atom. The van der Waals surface area contributed by atoms with Gasteiger partial charge in [0.25, 0.3) is 0 Å².